The van der Waals surface area contributed by atoms with E-state index in [1.807, 2.05) is 13.0 Å². The number of hydrogen-bond donors (Lipinski definition) is 0. The summed E-state index contributed by atoms with van der Waals surface area (Å²) in [6.07, 6.45) is 1.26. The zero-order valence-corrected chi connectivity index (χ0v) is 17.3. The molecule has 0 spiro atoms. The van der Waals surface area contributed by atoms with Gasteiger partial charge in [-0.05, 0) is 56.7 Å². The lowest BCUT2D eigenvalue weighted by molar-refractivity contribution is -0.127. The molecule has 3 rings (SSSR count). The second-order valence-electron chi connectivity index (χ2n) is 6.83. The molecule has 1 saturated heterocycles. The maximum absolute atomic E-state index is 13.5. The maximum Gasteiger partial charge on any atom is 0.338 e. The molecule has 0 aliphatic carbocycles. The average molecular weight is 410 g/mol. The average Bonchev–Trinajstić information content (AvgIpc) is 3.17. The summed E-state index contributed by atoms with van der Waals surface area (Å²) >= 11 is 0. The second-order valence-corrected chi connectivity index (χ2v) is 6.83. The third-order valence-corrected chi connectivity index (χ3v) is 4.84. The fourth-order valence-corrected chi connectivity index (χ4v) is 3.35. The van der Waals surface area contributed by atoms with Gasteiger partial charge in [0.25, 0.3) is 5.91 Å². The first-order chi connectivity index (χ1) is 14.5. The van der Waals surface area contributed by atoms with Crippen LogP contribution in [0.4, 0.5) is 5.69 Å². The van der Waals surface area contributed by atoms with Crippen molar-refractivity contribution in [2.24, 2.45) is 0 Å². The molecule has 1 fully saturated rings. The van der Waals surface area contributed by atoms with Gasteiger partial charge in [0.05, 0.1) is 24.3 Å². The van der Waals surface area contributed by atoms with Crippen LogP contribution in [0.3, 0.4) is 0 Å². The third kappa shape index (κ3) is 4.79. The molecule has 0 unspecified atom stereocenters. The van der Waals surface area contributed by atoms with Gasteiger partial charge in [0.1, 0.15) is 12.4 Å². The number of nitrogens with zero attached hydrogens (tertiary/aromatic N) is 2. The van der Waals surface area contributed by atoms with E-state index in [0.717, 1.165) is 6.42 Å². The molecule has 7 heteroatoms. The number of anilines is 1. The lowest BCUT2D eigenvalue weighted by Gasteiger charge is -2.28. The van der Waals surface area contributed by atoms with Gasteiger partial charge >= 0.3 is 5.97 Å². The molecule has 1 aliphatic rings. The van der Waals surface area contributed by atoms with E-state index in [2.05, 4.69) is 0 Å². The molecule has 0 atom stereocenters. The van der Waals surface area contributed by atoms with Gasteiger partial charge in [-0.3, -0.25) is 14.5 Å². The molecule has 0 N–H and O–H groups in total. The minimum absolute atomic E-state index is 0.0223. The molecule has 158 valence electrons. The quantitative estimate of drug-likeness (QED) is 0.623. The van der Waals surface area contributed by atoms with Gasteiger partial charge < -0.3 is 14.4 Å². The summed E-state index contributed by atoms with van der Waals surface area (Å²) in [4.78, 5) is 40.8. The first-order valence-corrected chi connectivity index (χ1v) is 10.1. The highest BCUT2D eigenvalue weighted by Gasteiger charge is 2.28. The van der Waals surface area contributed by atoms with Crippen molar-refractivity contribution < 1.29 is 23.9 Å². The molecule has 0 aromatic heterocycles. The van der Waals surface area contributed by atoms with E-state index in [-0.39, 0.29) is 25.1 Å². The molecule has 2 aromatic rings. The van der Waals surface area contributed by atoms with Gasteiger partial charge in [-0.1, -0.05) is 12.1 Å². The predicted molar refractivity (Wildman–Crippen MR) is 113 cm³/mol. The van der Waals surface area contributed by atoms with Crippen molar-refractivity contribution in [3.63, 3.8) is 0 Å². The van der Waals surface area contributed by atoms with Crippen LogP contribution in [0.5, 0.6) is 5.75 Å². The molecule has 0 saturated carbocycles. The first-order valence-electron chi connectivity index (χ1n) is 10.1. The van der Waals surface area contributed by atoms with Crippen LogP contribution in [0.1, 0.15) is 47.4 Å². The SMILES string of the molecule is CCOC(=O)c1ccc(N(CN2CCCC2=O)C(=O)c2ccccc2OCC)cc1. The zero-order valence-electron chi connectivity index (χ0n) is 17.3. The molecular weight excluding hydrogens is 384 g/mol. The van der Waals surface area contributed by atoms with Crippen molar-refractivity contribution in [3.05, 3.63) is 59.7 Å². The Balaban J connectivity index is 1.93. The normalized spacial score (nSPS) is 13.3. The molecular formula is C23H26N2O5. The van der Waals surface area contributed by atoms with Gasteiger partial charge in [-0.25, -0.2) is 4.79 Å². The summed E-state index contributed by atoms with van der Waals surface area (Å²) < 4.78 is 10.6. The predicted octanol–water partition coefficient (Wildman–Crippen LogP) is 3.49. The minimum atomic E-state index is -0.418. The standard InChI is InChI=1S/C23H26N2O5/c1-3-29-20-9-6-5-8-19(20)22(27)25(16-24-15-7-10-21(24)26)18-13-11-17(12-14-18)23(28)30-4-2/h5-6,8-9,11-14H,3-4,7,10,15-16H2,1-2H3. The van der Waals surface area contributed by atoms with Crippen LogP contribution >= 0.6 is 0 Å². The van der Waals surface area contributed by atoms with Crippen molar-refractivity contribution in [2.45, 2.75) is 26.7 Å². The van der Waals surface area contributed by atoms with E-state index in [4.69, 9.17) is 9.47 Å². The van der Waals surface area contributed by atoms with Gasteiger partial charge in [0, 0.05) is 18.7 Å². The van der Waals surface area contributed by atoms with Crippen molar-refractivity contribution in [3.8, 4) is 5.75 Å². The Hall–Kier alpha value is -3.35. The Morgan fingerprint density at radius 2 is 1.77 bits per heavy atom. The second kappa shape index (κ2) is 9.91. The lowest BCUT2D eigenvalue weighted by Crippen LogP contribution is -2.42. The van der Waals surface area contributed by atoms with Crippen LogP contribution in [0.15, 0.2) is 48.5 Å². The first kappa shape index (κ1) is 21.4. The summed E-state index contributed by atoms with van der Waals surface area (Å²) in [7, 11) is 0. The Labute approximate surface area is 176 Å². The Morgan fingerprint density at radius 3 is 2.40 bits per heavy atom. The van der Waals surface area contributed by atoms with E-state index in [1.165, 1.54) is 4.90 Å². The molecule has 30 heavy (non-hydrogen) atoms. The number of hydrogen-bond acceptors (Lipinski definition) is 5. The summed E-state index contributed by atoms with van der Waals surface area (Å²) in [5, 5.41) is 0. The number of carbonyl (C=O) groups is 3. The van der Waals surface area contributed by atoms with Gasteiger partial charge in [0.2, 0.25) is 5.91 Å². The number of benzene rings is 2. The fraction of sp³-hybridized carbons (Fsp3) is 0.348. The Kier molecular flexibility index (Phi) is 7.06. The number of likely N-dealkylation sites (tertiary alicyclic amines) is 1. The molecule has 2 aromatic carbocycles. The summed E-state index contributed by atoms with van der Waals surface area (Å²) in [6, 6.07) is 13.7. The van der Waals surface area contributed by atoms with Crippen molar-refractivity contribution >= 4 is 23.5 Å². The van der Waals surface area contributed by atoms with Crippen LogP contribution in [0.25, 0.3) is 0 Å². The van der Waals surface area contributed by atoms with Gasteiger partial charge in [0.15, 0.2) is 0 Å². The number of ether oxygens (including phenoxy) is 2. The van der Waals surface area contributed by atoms with E-state index >= 15 is 0 Å². The van der Waals surface area contributed by atoms with Crippen LogP contribution in [-0.4, -0.2) is 49.1 Å². The number of amides is 2. The smallest absolute Gasteiger partial charge is 0.338 e. The molecule has 7 nitrogen and oxygen atoms in total. The topological polar surface area (TPSA) is 76.2 Å². The van der Waals surface area contributed by atoms with Gasteiger partial charge in [-0.15, -0.1) is 0 Å². The molecule has 2 amide bonds. The molecule has 0 radical (unpaired) electrons. The molecule has 1 heterocycles. The zero-order chi connectivity index (χ0) is 21.5. The van der Waals surface area contributed by atoms with Gasteiger partial charge in [-0.2, -0.15) is 0 Å². The van der Waals surface area contributed by atoms with E-state index in [9.17, 15) is 14.4 Å². The summed E-state index contributed by atoms with van der Waals surface area (Å²) in [5.74, 6) is -0.180. The van der Waals surface area contributed by atoms with Crippen LogP contribution in [0.2, 0.25) is 0 Å². The van der Waals surface area contributed by atoms with Crippen molar-refractivity contribution in [1.82, 2.24) is 4.90 Å². The molecule has 1 aliphatic heterocycles. The largest absolute Gasteiger partial charge is 0.493 e. The molecule has 0 bridgehead atoms. The minimum Gasteiger partial charge on any atom is -0.493 e. The number of para-hydroxylation sites is 1. The van der Waals surface area contributed by atoms with Crippen molar-refractivity contribution in [2.75, 3.05) is 31.3 Å². The van der Waals surface area contributed by atoms with E-state index in [1.54, 1.807) is 54.3 Å². The monoisotopic (exact) mass is 410 g/mol. The van der Waals surface area contributed by atoms with Crippen LogP contribution < -0.4 is 9.64 Å². The number of carbonyl (C=O) groups excluding carboxylic acids is 3. The Morgan fingerprint density at radius 1 is 1.03 bits per heavy atom. The highest BCUT2D eigenvalue weighted by atomic mass is 16.5. The highest BCUT2D eigenvalue weighted by molar-refractivity contribution is 6.08. The number of rotatable bonds is 8. The highest BCUT2D eigenvalue weighted by Crippen LogP contribution is 2.25. The number of esters is 1. The maximum atomic E-state index is 13.5. The van der Waals surface area contributed by atoms with Crippen molar-refractivity contribution in [1.29, 1.82) is 0 Å². The third-order valence-electron chi connectivity index (χ3n) is 4.84. The Bertz CT molecular complexity index is 910. The van der Waals surface area contributed by atoms with E-state index < -0.39 is 5.97 Å². The summed E-state index contributed by atoms with van der Waals surface area (Å²) in [6.45, 7) is 5.07. The lowest BCUT2D eigenvalue weighted by atomic mass is 10.1. The van der Waals surface area contributed by atoms with Crippen LogP contribution in [0, 0.1) is 0 Å². The van der Waals surface area contributed by atoms with Crippen LogP contribution in [-0.2, 0) is 9.53 Å². The van der Waals surface area contributed by atoms with E-state index in [0.29, 0.717) is 42.1 Å². The summed E-state index contributed by atoms with van der Waals surface area (Å²) in [5.41, 5.74) is 1.40. The fourth-order valence-electron chi connectivity index (χ4n) is 3.35.